The average Bonchev–Trinajstić information content (AvgIpc) is 2.73. The van der Waals surface area contributed by atoms with Crippen molar-refractivity contribution in [3.63, 3.8) is 0 Å². The molecule has 1 aromatic heterocycles. The van der Waals surface area contributed by atoms with E-state index in [2.05, 4.69) is 10.4 Å². The molecule has 0 amide bonds. The topological polar surface area (TPSA) is 50.1 Å². The van der Waals surface area contributed by atoms with Gasteiger partial charge in [-0.25, -0.2) is 8.78 Å². The van der Waals surface area contributed by atoms with Gasteiger partial charge < -0.3 is 10.4 Å². The number of aromatic nitrogens is 2. The number of alkyl halides is 2. The third-order valence-electron chi connectivity index (χ3n) is 2.88. The highest BCUT2D eigenvalue weighted by Gasteiger charge is 2.33. The predicted octanol–water partition coefficient (Wildman–Crippen LogP) is 0.625. The summed E-state index contributed by atoms with van der Waals surface area (Å²) in [5.74, 6) is 0. The number of β-amino-alcohol motifs (C(OH)–C–C–N with tert-alkyl or cyclic N) is 1. The number of nitrogens with zero attached hydrogens (tertiary/aromatic N) is 2. The van der Waals surface area contributed by atoms with Gasteiger partial charge >= 0.3 is 0 Å². The molecule has 1 saturated heterocycles. The van der Waals surface area contributed by atoms with E-state index in [9.17, 15) is 13.9 Å². The smallest absolute Gasteiger partial charge is 0.282 e. The van der Waals surface area contributed by atoms with E-state index in [1.54, 1.807) is 13.2 Å². The standard InChI is InChI=1S/C10H15F2N3O/c1-15-5-7(8(14-15)9(11)12)4-10(16)2-3-13-6-10/h5,9,13,16H,2-4,6H2,1H3. The lowest BCUT2D eigenvalue weighted by molar-refractivity contribution is 0.0603. The maximum Gasteiger partial charge on any atom is 0.282 e. The molecule has 1 atom stereocenters. The van der Waals surface area contributed by atoms with E-state index in [4.69, 9.17) is 0 Å². The summed E-state index contributed by atoms with van der Waals surface area (Å²) in [6, 6.07) is 0. The van der Waals surface area contributed by atoms with Gasteiger partial charge in [0.15, 0.2) is 0 Å². The van der Waals surface area contributed by atoms with Crippen LogP contribution < -0.4 is 5.32 Å². The van der Waals surface area contributed by atoms with Crippen LogP contribution in [-0.4, -0.2) is 33.6 Å². The Labute approximate surface area is 92.3 Å². The number of rotatable bonds is 3. The van der Waals surface area contributed by atoms with Gasteiger partial charge in [-0.15, -0.1) is 0 Å². The summed E-state index contributed by atoms with van der Waals surface area (Å²) in [7, 11) is 1.60. The van der Waals surface area contributed by atoms with Gasteiger partial charge in [0.2, 0.25) is 0 Å². The lowest BCUT2D eigenvalue weighted by Gasteiger charge is -2.20. The summed E-state index contributed by atoms with van der Waals surface area (Å²) in [5.41, 5.74) is -0.696. The van der Waals surface area contributed by atoms with Crippen LogP contribution >= 0.6 is 0 Å². The van der Waals surface area contributed by atoms with Crippen molar-refractivity contribution in [2.24, 2.45) is 7.05 Å². The quantitative estimate of drug-likeness (QED) is 0.802. The Morgan fingerprint density at radius 3 is 3.00 bits per heavy atom. The van der Waals surface area contributed by atoms with Gasteiger partial charge in [-0.05, 0) is 13.0 Å². The summed E-state index contributed by atoms with van der Waals surface area (Å²) in [5, 5.41) is 16.9. The first-order valence-electron chi connectivity index (χ1n) is 5.24. The molecule has 16 heavy (non-hydrogen) atoms. The van der Waals surface area contributed by atoms with E-state index in [1.165, 1.54) is 4.68 Å². The molecule has 4 nitrogen and oxygen atoms in total. The van der Waals surface area contributed by atoms with Crippen LogP contribution in [0.25, 0.3) is 0 Å². The Hall–Kier alpha value is -1.01. The maximum atomic E-state index is 12.7. The van der Waals surface area contributed by atoms with E-state index >= 15 is 0 Å². The second-order valence-corrected chi connectivity index (χ2v) is 4.34. The van der Waals surface area contributed by atoms with E-state index in [0.29, 0.717) is 18.5 Å². The molecule has 0 spiro atoms. The Morgan fingerprint density at radius 1 is 1.69 bits per heavy atom. The summed E-state index contributed by atoms with van der Waals surface area (Å²) >= 11 is 0. The van der Waals surface area contributed by atoms with Crippen molar-refractivity contribution in [2.75, 3.05) is 13.1 Å². The molecule has 90 valence electrons. The van der Waals surface area contributed by atoms with Gasteiger partial charge in [0.25, 0.3) is 6.43 Å². The summed E-state index contributed by atoms with van der Waals surface area (Å²) < 4.78 is 26.7. The maximum absolute atomic E-state index is 12.7. The fourth-order valence-corrected chi connectivity index (χ4v) is 2.11. The predicted molar refractivity (Wildman–Crippen MR) is 54.3 cm³/mol. The molecule has 0 bridgehead atoms. The zero-order valence-corrected chi connectivity index (χ0v) is 9.08. The van der Waals surface area contributed by atoms with Gasteiger partial charge in [-0.2, -0.15) is 5.10 Å². The van der Waals surface area contributed by atoms with Crippen molar-refractivity contribution in [3.8, 4) is 0 Å². The van der Waals surface area contributed by atoms with Crippen LogP contribution in [0.4, 0.5) is 8.78 Å². The minimum atomic E-state index is -2.59. The first-order chi connectivity index (χ1) is 7.50. The van der Waals surface area contributed by atoms with Crippen LogP contribution in [0.1, 0.15) is 24.1 Å². The van der Waals surface area contributed by atoms with Crippen molar-refractivity contribution >= 4 is 0 Å². The number of nitrogens with one attached hydrogen (secondary N) is 1. The van der Waals surface area contributed by atoms with Crippen LogP contribution in [0.2, 0.25) is 0 Å². The third kappa shape index (κ3) is 2.22. The third-order valence-corrected chi connectivity index (χ3v) is 2.88. The number of aryl methyl sites for hydroxylation is 1. The van der Waals surface area contributed by atoms with Crippen LogP contribution in [0.5, 0.6) is 0 Å². The molecule has 1 unspecified atom stereocenters. The SMILES string of the molecule is Cn1cc(CC2(O)CCNC2)c(C(F)F)n1. The van der Waals surface area contributed by atoms with Crippen molar-refractivity contribution < 1.29 is 13.9 Å². The fraction of sp³-hybridized carbons (Fsp3) is 0.700. The van der Waals surface area contributed by atoms with E-state index in [-0.39, 0.29) is 12.1 Å². The number of hydrogen-bond donors (Lipinski definition) is 2. The van der Waals surface area contributed by atoms with Gasteiger partial charge in [0.05, 0.1) is 5.60 Å². The van der Waals surface area contributed by atoms with Crippen molar-refractivity contribution in [2.45, 2.75) is 24.9 Å². The molecule has 2 N–H and O–H groups in total. The van der Waals surface area contributed by atoms with Gasteiger partial charge in [-0.1, -0.05) is 0 Å². The summed E-state index contributed by atoms with van der Waals surface area (Å²) in [6.07, 6.45) is -0.218. The second-order valence-electron chi connectivity index (χ2n) is 4.34. The monoisotopic (exact) mass is 231 g/mol. The molecule has 1 aliphatic heterocycles. The van der Waals surface area contributed by atoms with E-state index in [0.717, 1.165) is 6.54 Å². The molecular formula is C10H15F2N3O. The largest absolute Gasteiger partial charge is 0.388 e. The Balaban J connectivity index is 2.20. The number of aliphatic hydroxyl groups is 1. The minimum absolute atomic E-state index is 0.220. The molecule has 6 heteroatoms. The van der Waals surface area contributed by atoms with Gasteiger partial charge in [-0.3, -0.25) is 4.68 Å². The van der Waals surface area contributed by atoms with Crippen LogP contribution in [0, 0.1) is 0 Å². The molecule has 2 rings (SSSR count). The molecule has 1 fully saturated rings. The van der Waals surface area contributed by atoms with Crippen LogP contribution in [0.15, 0.2) is 6.20 Å². The molecule has 1 aromatic rings. The van der Waals surface area contributed by atoms with Gasteiger partial charge in [0.1, 0.15) is 5.69 Å². The fourth-order valence-electron chi connectivity index (χ4n) is 2.11. The Kier molecular flexibility index (Phi) is 2.94. The molecule has 0 radical (unpaired) electrons. The Morgan fingerprint density at radius 2 is 2.44 bits per heavy atom. The summed E-state index contributed by atoms with van der Waals surface area (Å²) in [4.78, 5) is 0. The molecule has 1 aliphatic rings. The van der Waals surface area contributed by atoms with E-state index in [1.807, 2.05) is 0 Å². The lowest BCUT2D eigenvalue weighted by Crippen LogP contribution is -2.34. The van der Waals surface area contributed by atoms with Crippen molar-refractivity contribution in [3.05, 3.63) is 17.5 Å². The lowest BCUT2D eigenvalue weighted by atomic mass is 9.94. The van der Waals surface area contributed by atoms with E-state index < -0.39 is 12.0 Å². The highest BCUT2D eigenvalue weighted by atomic mass is 19.3. The van der Waals surface area contributed by atoms with Crippen molar-refractivity contribution in [1.82, 2.24) is 15.1 Å². The zero-order chi connectivity index (χ0) is 11.8. The molecule has 0 aromatic carbocycles. The molecule has 0 aliphatic carbocycles. The van der Waals surface area contributed by atoms with Crippen LogP contribution in [0.3, 0.4) is 0 Å². The van der Waals surface area contributed by atoms with Crippen molar-refractivity contribution in [1.29, 1.82) is 0 Å². The normalized spacial score (nSPS) is 25.6. The summed E-state index contributed by atoms with van der Waals surface area (Å²) in [6.45, 7) is 1.17. The average molecular weight is 231 g/mol. The number of hydrogen-bond acceptors (Lipinski definition) is 3. The molecule has 2 heterocycles. The number of halogens is 2. The van der Waals surface area contributed by atoms with Gasteiger partial charge in [0, 0.05) is 31.8 Å². The first kappa shape index (κ1) is 11.5. The van der Waals surface area contributed by atoms with Crippen LogP contribution in [-0.2, 0) is 13.5 Å². The molecular weight excluding hydrogens is 216 g/mol. The Bertz CT molecular complexity index is 372. The second kappa shape index (κ2) is 4.10. The first-order valence-corrected chi connectivity index (χ1v) is 5.24. The zero-order valence-electron chi connectivity index (χ0n) is 9.08. The molecule has 0 saturated carbocycles. The highest BCUT2D eigenvalue weighted by Crippen LogP contribution is 2.27. The minimum Gasteiger partial charge on any atom is -0.388 e. The highest BCUT2D eigenvalue weighted by molar-refractivity contribution is 5.21.